The monoisotopic (exact) mass is 1340 g/mol. The number of carbonyl (C=O) groups is 2. The fourth-order valence-corrected chi connectivity index (χ4v) is 10.1. The summed E-state index contributed by atoms with van der Waals surface area (Å²) in [7, 11) is 1.11. The van der Waals surface area contributed by atoms with E-state index in [1.807, 2.05) is 21.1 Å². The van der Waals surface area contributed by atoms with Gasteiger partial charge in [0, 0.05) is 12.8 Å². The van der Waals surface area contributed by atoms with Crippen LogP contribution in [0.25, 0.3) is 0 Å². The second-order valence-corrected chi connectivity index (χ2v) is 26.6. The third-order valence-corrected chi connectivity index (χ3v) is 16.0. The molecule has 0 saturated carbocycles. The molecule has 2 unspecified atom stereocenters. The average molecular weight is 1340 g/mol. The molecule has 0 aliphatic heterocycles. The van der Waals surface area contributed by atoms with Crippen LogP contribution in [0.5, 0.6) is 0 Å². The molecule has 0 spiro atoms. The molecule has 0 aromatic rings. The van der Waals surface area contributed by atoms with Gasteiger partial charge < -0.3 is 27.9 Å². The molecule has 0 amide bonds. The molecular formula is C86H136NO8P. The molecule has 0 aliphatic carbocycles. The summed E-state index contributed by atoms with van der Waals surface area (Å²) in [5.74, 6) is -0.887. The van der Waals surface area contributed by atoms with Crippen molar-refractivity contribution in [1.29, 1.82) is 0 Å². The van der Waals surface area contributed by atoms with E-state index in [9.17, 15) is 19.0 Å². The van der Waals surface area contributed by atoms with Crippen LogP contribution in [0.1, 0.15) is 258 Å². The van der Waals surface area contributed by atoms with Crippen molar-refractivity contribution in [3.63, 3.8) is 0 Å². The third-order valence-electron chi connectivity index (χ3n) is 15.0. The Labute approximate surface area is 588 Å². The minimum absolute atomic E-state index is 0.0493. The number of likely N-dealkylation sites (N-methyl/N-ethyl adjacent to an activating group) is 1. The number of unbranched alkanes of at least 4 members (excludes halogenated alkanes) is 16. The number of phosphoric acid groups is 1. The number of esters is 2. The van der Waals surface area contributed by atoms with Gasteiger partial charge in [-0.15, -0.1) is 0 Å². The minimum Gasteiger partial charge on any atom is -0.756 e. The number of ether oxygens (including phenoxy) is 2. The fourth-order valence-electron chi connectivity index (χ4n) is 9.35. The van der Waals surface area contributed by atoms with Gasteiger partial charge in [0.1, 0.15) is 19.8 Å². The molecule has 0 aromatic heterocycles. The third kappa shape index (κ3) is 77.3. The summed E-state index contributed by atoms with van der Waals surface area (Å²) >= 11 is 0. The maximum Gasteiger partial charge on any atom is 0.306 e. The molecule has 0 saturated heterocycles. The van der Waals surface area contributed by atoms with E-state index in [2.05, 4.69) is 233 Å². The molecule has 0 aliphatic rings. The zero-order chi connectivity index (χ0) is 69.7. The Balaban J connectivity index is 4.18. The second kappa shape index (κ2) is 73.6. The lowest BCUT2D eigenvalue weighted by Gasteiger charge is -2.28. The van der Waals surface area contributed by atoms with Crippen molar-refractivity contribution in [3.8, 4) is 0 Å². The number of phosphoric ester groups is 1. The molecule has 10 heteroatoms. The van der Waals surface area contributed by atoms with Crippen molar-refractivity contribution in [1.82, 2.24) is 0 Å². The highest BCUT2D eigenvalue weighted by molar-refractivity contribution is 7.45. The first-order valence-electron chi connectivity index (χ1n) is 37.4. The molecule has 96 heavy (non-hydrogen) atoms. The molecular weight excluding hydrogens is 1210 g/mol. The Hall–Kier alpha value is -5.67. The molecule has 2 atom stereocenters. The lowest BCUT2D eigenvalue weighted by atomic mass is 10.0. The standard InChI is InChI=1S/C86H136NO8P/c1-6-8-10-12-14-16-18-20-22-24-26-28-30-32-34-36-38-40-42-43-45-47-49-51-53-55-57-59-61-63-65-67-69-71-73-75-77-79-86(89)95-84(83-94-96(90,91)93-81-80-87(3,4)5)82-92-85(88)78-76-74-72-70-68-66-64-62-60-58-56-54-52-50-48-46-44-41-39-37-35-33-31-29-27-25-23-21-19-17-15-13-11-9-7-2/h8-11,14-17,20-23,26-29,32-35,38-41,43,45-46,48-49,51,55,57,61,63,67,69,84H,6-7,12-13,18-19,24-25,30-31,36-37,42,44,47,50,52-54,56,58-60,62,64-66,68,70-83H2,1-5H3/b10-8-,11-9-,16-14-,17-15-,22-20-,23-21-,28-26-,29-27-,34-32-,35-33-,40-38-,41-39-,45-43-,48-46-,51-49-,57-55-,63-61-,69-67-. The van der Waals surface area contributed by atoms with Gasteiger partial charge in [-0.2, -0.15) is 0 Å². The average Bonchev–Trinajstić information content (AvgIpc) is 2.72. The molecule has 0 bridgehead atoms. The van der Waals surface area contributed by atoms with Crippen molar-refractivity contribution < 1.29 is 42.1 Å². The van der Waals surface area contributed by atoms with E-state index in [1.54, 1.807) is 0 Å². The Kier molecular flexibility index (Phi) is 69.2. The van der Waals surface area contributed by atoms with Crippen LogP contribution in [0.3, 0.4) is 0 Å². The predicted octanol–water partition coefficient (Wildman–Crippen LogP) is 24.5. The lowest BCUT2D eigenvalue weighted by molar-refractivity contribution is -0.870. The van der Waals surface area contributed by atoms with E-state index in [0.717, 1.165) is 154 Å². The van der Waals surface area contributed by atoms with E-state index >= 15 is 0 Å². The van der Waals surface area contributed by atoms with Crippen LogP contribution < -0.4 is 4.89 Å². The Morgan fingerprint density at radius 1 is 0.323 bits per heavy atom. The number of quaternary nitrogens is 1. The SMILES string of the molecule is CC/C=C\C/C=C\C/C=C\C/C=C\C/C=C\C/C=C\C/C=C\C/C=C\C/C=C\C/C=C\C/C=C\CCCCCC(=O)OC(COC(=O)CCCCCCCCCCCCCCC/C=C\C/C=C\C/C=C\C/C=C\C/C=C\C/C=C\C/C=C\CC)COP(=O)([O-])OCC[N+](C)(C)C. The van der Waals surface area contributed by atoms with Crippen molar-refractivity contribution >= 4 is 19.8 Å². The summed E-state index contributed by atoms with van der Waals surface area (Å²) in [6, 6.07) is 0. The van der Waals surface area contributed by atoms with Crippen LogP contribution in [-0.4, -0.2) is 70.0 Å². The zero-order valence-corrected chi connectivity index (χ0v) is 62.1. The number of rotatable bonds is 66. The van der Waals surface area contributed by atoms with Gasteiger partial charge >= 0.3 is 11.9 Å². The van der Waals surface area contributed by atoms with Gasteiger partial charge in [0.25, 0.3) is 7.82 Å². The van der Waals surface area contributed by atoms with Gasteiger partial charge in [0.05, 0.1) is 27.7 Å². The van der Waals surface area contributed by atoms with Gasteiger partial charge in [-0.1, -0.05) is 310 Å². The molecule has 0 radical (unpaired) electrons. The number of allylic oxidation sites excluding steroid dienone is 36. The van der Waals surface area contributed by atoms with Gasteiger partial charge in [0.2, 0.25) is 0 Å². The molecule has 0 aromatic carbocycles. The van der Waals surface area contributed by atoms with Crippen LogP contribution in [-0.2, 0) is 32.7 Å². The van der Waals surface area contributed by atoms with Crippen LogP contribution in [0, 0.1) is 0 Å². The molecule has 0 N–H and O–H groups in total. The first kappa shape index (κ1) is 90.3. The Morgan fingerprint density at radius 2 is 0.562 bits per heavy atom. The smallest absolute Gasteiger partial charge is 0.306 e. The number of carbonyl (C=O) groups excluding carboxylic acids is 2. The van der Waals surface area contributed by atoms with E-state index < -0.39 is 32.5 Å². The number of hydrogen-bond acceptors (Lipinski definition) is 8. The molecule has 538 valence electrons. The van der Waals surface area contributed by atoms with E-state index in [-0.39, 0.29) is 26.1 Å². The fraction of sp³-hybridized carbons (Fsp3) is 0.558. The van der Waals surface area contributed by atoms with Crippen LogP contribution >= 0.6 is 7.82 Å². The first-order chi connectivity index (χ1) is 47.0. The van der Waals surface area contributed by atoms with Crippen LogP contribution in [0.2, 0.25) is 0 Å². The quantitative estimate of drug-likeness (QED) is 0.0195. The van der Waals surface area contributed by atoms with Gasteiger partial charge in [-0.05, 0) is 154 Å². The normalized spacial score (nSPS) is 14.4. The van der Waals surface area contributed by atoms with E-state index in [4.69, 9.17) is 18.5 Å². The summed E-state index contributed by atoms with van der Waals surface area (Å²) in [4.78, 5) is 38.1. The molecule has 9 nitrogen and oxygen atoms in total. The van der Waals surface area contributed by atoms with E-state index in [0.29, 0.717) is 23.9 Å². The highest BCUT2D eigenvalue weighted by Gasteiger charge is 2.22. The first-order valence-corrected chi connectivity index (χ1v) is 38.9. The maximum absolute atomic E-state index is 12.9. The van der Waals surface area contributed by atoms with Gasteiger partial charge in [0.15, 0.2) is 6.10 Å². The predicted molar refractivity (Wildman–Crippen MR) is 415 cm³/mol. The minimum atomic E-state index is -4.67. The lowest BCUT2D eigenvalue weighted by Crippen LogP contribution is -2.37. The van der Waals surface area contributed by atoms with Crippen molar-refractivity contribution in [3.05, 3.63) is 219 Å². The number of hydrogen-bond donors (Lipinski definition) is 0. The summed E-state index contributed by atoms with van der Waals surface area (Å²) < 4.78 is 34.3. The largest absolute Gasteiger partial charge is 0.756 e. The van der Waals surface area contributed by atoms with Crippen LogP contribution in [0.15, 0.2) is 219 Å². The molecule has 0 fully saturated rings. The zero-order valence-electron chi connectivity index (χ0n) is 61.2. The Morgan fingerprint density at radius 3 is 0.844 bits per heavy atom. The molecule has 0 rings (SSSR count). The highest BCUT2D eigenvalue weighted by Crippen LogP contribution is 2.38. The second-order valence-electron chi connectivity index (χ2n) is 25.2. The topological polar surface area (TPSA) is 111 Å². The summed E-state index contributed by atoms with van der Waals surface area (Å²) in [5.41, 5.74) is 0. The maximum atomic E-state index is 12.9. The van der Waals surface area contributed by atoms with Gasteiger partial charge in [-0.25, -0.2) is 0 Å². The highest BCUT2D eigenvalue weighted by atomic mass is 31.2. The van der Waals surface area contributed by atoms with Crippen molar-refractivity contribution in [2.75, 3.05) is 47.5 Å². The number of nitrogens with zero attached hydrogens (tertiary/aromatic N) is 1. The van der Waals surface area contributed by atoms with Crippen LogP contribution in [0.4, 0.5) is 0 Å². The van der Waals surface area contributed by atoms with Crippen molar-refractivity contribution in [2.45, 2.75) is 264 Å². The van der Waals surface area contributed by atoms with Crippen molar-refractivity contribution in [2.24, 2.45) is 0 Å². The molecule has 0 heterocycles. The summed E-state index contributed by atoms with van der Waals surface area (Å²) in [6.45, 7) is 3.95. The summed E-state index contributed by atoms with van der Waals surface area (Å²) in [5, 5.41) is 0. The summed E-state index contributed by atoms with van der Waals surface area (Å²) in [6.07, 6.45) is 117. The van der Waals surface area contributed by atoms with Gasteiger partial charge in [-0.3, -0.25) is 14.2 Å². The van der Waals surface area contributed by atoms with E-state index in [1.165, 1.54) is 64.2 Å². The Bertz CT molecular complexity index is 2430.